The minimum absolute atomic E-state index is 0.00464. The number of hydrogen-bond donors (Lipinski definition) is 1. The highest BCUT2D eigenvalue weighted by molar-refractivity contribution is 7.12. The number of amides is 1. The fourth-order valence-electron chi connectivity index (χ4n) is 2.46. The van der Waals surface area contributed by atoms with Crippen LogP contribution in [0.2, 0.25) is 0 Å². The number of benzene rings is 2. The number of thiophene rings is 1. The highest BCUT2D eigenvalue weighted by Gasteiger charge is 2.16. The molecular weight excluding hydrogens is 422 g/mol. The lowest BCUT2D eigenvalue weighted by Crippen LogP contribution is -2.24. The molecule has 0 saturated heterocycles. The van der Waals surface area contributed by atoms with Crippen molar-refractivity contribution in [2.45, 2.75) is 6.92 Å². The number of nitro groups is 1. The van der Waals surface area contributed by atoms with Crippen LogP contribution in [0.3, 0.4) is 0 Å². The number of nitrogens with one attached hydrogen (secondary N) is 1. The summed E-state index contributed by atoms with van der Waals surface area (Å²) in [6, 6.07) is 14.5. The van der Waals surface area contributed by atoms with Crippen molar-refractivity contribution in [1.82, 2.24) is 5.43 Å². The number of rotatable bonds is 8. The van der Waals surface area contributed by atoms with Gasteiger partial charge in [-0.1, -0.05) is 24.3 Å². The van der Waals surface area contributed by atoms with Crippen molar-refractivity contribution in [3.05, 3.63) is 86.1 Å². The van der Waals surface area contributed by atoms with Gasteiger partial charge in [0.05, 0.1) is 11.1 Å². The molecule has 0 aliphatic heterocycles. The molecule has 158 valence electrons. The van der Waals surface area contributed by atoms with Gasteiger partial charge in [-0.05, 0) is 47.7 Å². The Bertz CT molecular complexity index is 1130. The molecule has 0 spiro atoms. The van der Waals surface area contributed by atoms with E-state index in [4.69, 9.17) is 9.47 Å². The SMILES string of the molecule is Cc1ccc(OCC(=O)N/N=C/c2cccc(OC(=O)c3cccs3)c2)c([N+](=O)[O-])c1. The van der Waals surface area contributed by atoms with E-state index in [9.17, 15) is 19.7 Å². The van der Waals surface area contributed by atoms with Gasteiger partial charge in [-0.2, -0.15) is 5.10 Å². The molecule has 0 aliphatic carbocycles. The van der Waals surface area contributed by atoms with E-state index in [0.29, 0.717) is 21.8 Å². The smallest absolute Gasteiger partial charge is 0.353 e. The number of carbonyl (C=O) groups excluding carboxylic acids is 2. The molecule has 2 aromatic carbocycles. The van der Waals surface area contributed by atoms with E-state index >= 15 is 0 Å². The molecule has 0 saturated carbocycles. The van der Waals surface area contributed by atoms with Crippen LogP contribution in [-0.4, -0.2) is 29.6 Å². The molecule has 0 fully saturated rings. The van der Waals surface area contributed by atoms with Crippen molar-refractivity contribution < 1.29 is 24.0 Å². The van der Waals surface area contributed by atoms with Crippen molar-refractivity contribution in [3.63, 3.8) is 0 Å². The Morgan fingerprint density at radius 3 is 2.77 bits per heavy atom. The second-order valence-electron chi connectivity index (χ2n) is 6.25. The van der Waals surface area contributed by atoms with Gasteiger partial charge >= 0.3 is 11.7 Å². The van der Waals surface area contributed by atoms with Gasteiger partial charge < -0.3 is 9.47 Å². The first-order chi connectivity index (χ1) is 14.9. The topological polar surface area (TPSA) is 120 Å². The van der Waals surface area contributed by atoms with Gasteiger partial charge in [-0.15, -0.1) is 11.3 Å². The number of nitro benzene ring substituents is 1. The van der Waals surface area contributed by atoms with Crippen LogP contribution in [0.25, 0.3) is 0 Å². The Morgan fingerprint density at radius 2 is 2.03 bits per heavy atom. The molecule has 0 atom stereocenters. The third kappa shape index (κ3) is 6.21. The first kappa shape index (κ1) is 21.7. The molecule has 1 aromatic heterocycles. The monoisotopic (exact) mass is 439 g/mol. The summed E-state index contributed by atoms with van der Waals surface area (Å²) in [6.07, 6.45) is 1.37. The van der Waals surface area contributed by atoms with Crippen LogP contribution < -0.4 is 14.9 Å². The summed E-state index contributed by atoms with van der Waals surface area (Å²) in [5.74, 6) is -0.718. The summed E-state index contributed by atoms with van der Waals surface area (Å²) in [5.41, 5.74) is 3.35. The molecule has 9 nitrogen and oxygen atoms in total. The summed E-state index contributed by atoms with van der Waals surface area (Å²) in [4.78, 5) is 34.9. The second-order valence-corrected chi connectivity index (χ2v) is 7.20. The molecule has 1 heterocycles. The highest BCUT2D eigenvalue weighted by atomic mass is 32.1. The van der Waals surface area contributed by atoms with Crippen LogP contribution in [0.4, 0.5) is 5.69 Å². The molecule has 3 aromatic rings. The van der Waals surface area contributed by atoms with Gasteiger partial charge in [0, 0.05) is 6.07 Å². The van der Waals surface area contributed by atoms with Gasteiger partial charge in [0.25, 0.3) is 5.91 Å². The Balaban J connectivity index is 1.53. The van der Waals surface area contributed by atoms with Gasteiger partial charge in [0.2, 0.25) is 0 Å². The average molecular weight is 439 g/mol. The Kier molecular flexibility index (Phi) is 7.07. The predicted molar refractivity (Wildman–Crippen MR) is 115 cm³/mol. The van der Waals surface area contributed by atoms with Crippen LogP contribution in [0.1, 0.15) is 20.8 Å². The van der Waals surface area contributed by atoms with E-state index < -0.39 is 23.4 Å². The number of carbonyl (C=O) groups is 2. The van der Waals surface area contributed by atoms with Crippen LogP contribution in [0.15, 0.2) is 65.1 Å². The summed E-state index contributed by atoms with van der Waals surface area (Å²) in [6.45, 7) is 1.27. The van der Waals surface area contributed by atoms with Crippen molar-refractivity contribution >= 4 is 35.1 Å². The molecular formula is C21H17N3O6S. The van der Waals surface area contributed by atoms with Crippen molar-refractivity contribution in [1.29, 1.82) is 0 Å². The lowest BCUT2D eigenvalue weighted by molar-refractivity contribution is -0.385. The van der Waals surface area contributed by atoms with Gasteiger partial charge in [-0.25, -0.2) is 10.2 Å². The van der Waals surface area contributed by atoms with E-state index in [2.05, 4.69) is 10.5 Å². The van der Waals surface area contributed by atoms with Gasteiger partial charge in [0.1, 0.15) is 10.6 Å². The summed E-state index contributed by atoms with van der Waals surface area (Å²) in [7, 11) is 0. The molecule has 1 N–H and O–H groups in total. The highest BCUT2D eigenvalue weighted by Crippen LogP contribution is 2.27. The first-order valence-corrected chi connectivity index (χ1v) is 9.86. The molecule has 31 heavy (non-hydrogen) atoms. The molecule has 3 rings (SSSR count). The largest absolute Gasteiger partial charge is 0.477 e. The maximum atomic E-state index is 12.0. The third-order valence-corrected chi connectivity index (χ3v) is 4.71. The van der Waals surface area contributed by atoms with Crippen LogP contribution in [0.5, 0.6) is 11.5 Å². The van der Waals surface area contributed by atoms with Crippen molar-refractivity contribution in [3.8, 4) is 11.5 Å². The normalized spacial score (nSPS) is 10.6. The number of hydrazone groups is 1. The summed E-state index contributed by atoms with van der Waals surface area (Å²) < 4.78 is 10.5. The number of hydrogen-bond acceptors (Lipinski definition) is 8. The number of esters is 1. The van der Waals surface area contributed by atoms with E-state index in [0.717, 1.165) is 0 Å². The fraction of sp³-hybridized carbons (Fsp3) is 0.0952. The third-order valence-electron chi connectivity index (χ3n) is 3.86. The minimum atomic E-state index is -0.591. The standard InChI is InChI=1S/C21H17N3O6S/c1-14-7-8-18(17(10-14)24(27)28)29-13-20(25)23-22-12-15-4-2-5-16(11-15)30-21(26)19-6-3-9-31-19/h2-12H,13H2,1H3,(H,23,25)/b22-12+. The second kappa shape index (κ2) is 10.1. The Hall–Kier alpha value is -4.05. The van der Waals surface area contributed by atoms with E-state index in [1.165, 1.54) is 29.7 Å². The van der Waals surface area contributed by atoms with E-state index in [1.807, 2.05) is 0 Å². The van der Waals surface area contributed by atoms with Crippen molar-refractivity contribution in [2.75, 3.05) is 6.61 Å². The summed E-state index contributed by atoms with van der Waals surface area (Å²) >= 11 is 1.28. The molecule has 0 aliphatic rings. The van der Waals surface area contributed by atoms with E-state index in [-0.39, 0.29) is 11.4 Å². The average Bonchev–Trinajstić information content (AvgIpc) is 3.28. The van der Waals surface area contributed by atoms with Crippen LogP contribution in [0, 0.1) is 17.0 Å². The predicted octanol–water partition coefficient (Wildman–Crippen LogP) is 3.71. The molecule has 0 bridgehead atoms. The number of ether oxygens (including phenoxy) is 2. The molecule has 10 heteroatoms. The Morgan fingerprint density at radius 1 is 1.19 bits per heavy atom. The lowest BCUT2D eigenvalue weighted by atomic mass is 10.2. The maximum absolute atomic E-state index is 12.0. The first-order valence-electron chi connectivity index (χ1n) is 8.98. The molecule has 1 amide bonds. The minimum Gasteiger partial charge on any atom is -0.477 e. The van der Waals surface area contributed by atoms with Crippen molar-refractivity contribution in [2.24, 2.45) is 5.10 Å². The molecule has 0 unspecified atom stereocenters. The Labute approximate surface area is 181 Å². The van der Waals surface area contributed by atoms with Gasteiger partial charge in [0.15, 0.2) is 12.4 Å². The number of nitrogens with zero attached hydrogens (tertiary/aromatic N) is 2. The van der Waals surface area contributed by atoms with Crippen LogP contribution in [-0.2, 0) is 4.79 Å². The van der Waals surface area contributed by atoms with Gasteiger partial charge in [-0.3, -0.25) is 14.9 Å². The zero-order chi connectivity index (χ0) is 22.2. The lowest BCUT2D eigenvalue weighted by Gasteiger charge is -2.06. The zero-order valence-electron chi connectivity index (χ0n) is 16.3. The summed E-state index contributed by atoms with van der Waals surface area (Å²) in [5, 5.41) is 16.7. The van der Waals surface area contributed by atoms with Crippen LogP contribution >= 0.6 is 11.3 Å². The molecule has 0 radical (unpaired) electrons. The zero-order valence-corrected chi connectivity index (χ0v) is 17.1. The fourth-order valence-corrected chi connectivity index (χ4v) is 3.06. The maximum Gasteiger partial charge on any atom is 0.353 e. The quantitative estimate of drug-likeness (QED) is 0.188. The van der Waals surface area contributed by atoms with E-state index in [1.54, 1.807) is 54.8 Å². The number of aryl methyl sites for hydroxylation is 1.